The van der Waals surface area contributed by atoms with Crippen LogP contribution in [0.25, 0.3) is 10.9 Å². The lowest BCUT2D eigenvalue weighted by Gasteiger charge is -2.24. The quantitative estimate of drug-likeness (QED) is 0.713. The fourth-order valence-electron chi connectivity index (χ4n) is 2.62. The van der Waals surface area contributed by atoms with Gasteiger partial charge >= 0.3 is 0 Å². The lowest BCUT2D eigenvalue weighted by Crippen LogP contribution is -2.26. The fourth-order valence-corrected chi connectivity index (χ4v) is 4.19. The second-order valence-electron chi connectivity index (χ2n) is 6.05. The van der Waals surface area contributed by atoms with Crippen molar-refractivity contribution in [1.29, 1.82) is 0 Å². The molecule has 6 nitrogen and oxygen atoms in total. The molecule has 0 saturated carbocycles. The normalized spacial score (nSPS) is 13.3. The van der Waals surface area contributed by atoms with Crippen LogP contribution in [0, 0.1) is 0 Å². The van der Waals surface area contributed by atoms with E-state index in [9.17, 15) is 8.42 Å². The Bertz CT molecular complexity index is 969. The highest BCUT2D eigenvalue weighted by Gasteiger charge is 2.16. The van der Waals surface area contributed by atoms with Crippen LogP contribution in [0.4, 0.5) is 5.82 Å². The molecule has 0 aliphatic heterocycles. The van der Waals surface area contributed by atoms with E-state index in [4.69, 9.17) is 0 Å². The summed E-state index contributed by atoms with van der Waals surface area (Å²) in [7, 11) is 0.786. The van der Waals surface area contributed by atoms with Crippen LogP contribution in [-0.4, -0.2) is 50.2 Å². The van der Waals surface area contributed by atoms with Crippen LogP contribution in [0.15, 0.2) is 46.9 Å². The van der Waals surface area contributed by atoms with Crippen LogP contribution in [0.5, 0.6) is 0 Å². The molecule has 0 aliphatic carbocycles. The van der Waals surface area contributed by atoms with Gasteiger partial charge in [-0.05, 0) is 43.7 Å². The highest BCUT2D eigenvalue weighted by Crippen LogP contribution is 2.26. The number of sulfone groups is 1. The number of fused-ring (bicyclic) bond motifs is 1. The van der Waals surface area contributed by atoms with Crippen molar-refractivity contribution >= 4 is 37.9 Å². The third-order valence-electron chi connectivity index (χ3n) is 3.99. The standard InChI is InChI=1S/C17H20N4O2S2/c1-21(2)15(16-5-4-8-24-16)10-18-17-13-9-12(25(3,22)23)6-7-14(13)19-11-20-17/h4-9,11,15H,10H2,1-3H3,(H,18,19,20). The van der Waals surface area contributed by atoms with E-state index in [0.29, 0.717) is 23.3 Å². The Balaban J connectivity index is 1.93. The highest BCUT2D eigenvalue weighted by molar-refractivity contribution is 7.90. The molecule has 1 aromatic carbocycles. The summed E-state index contributed by atoms with van der Waals surface area (Å²) in [5.74, 6) is 0.638. The monoisotopic (exact) mass is 376 g/mol. The number of likely N-dealkylation sites (N-methyl/N-ethyl adjacent to an activating group) is 1. The van der Waals surface area contributed by atoms with Crippen LogP contribution in [0.2, 0.25) is 0 Å². The van der Waals surface area contributed by atoms with Crippen molar-refractivity contribution in [2.45, 2.75) is 10.9 Å². The van der Waals surface area contributed by atoms with Gasteiger partial charge in [-0.2, -0.15) is 0 Å². The lowest BCUT2D eigenvalue weighted by atomic mass is 10.2. The highest BCUT2D eigenvalue weighted by atomic mass is 32.2. The van der Waals surface area contributed by atoms with Gasteiger partial charge in [-0.25, -0.2) is 18.4 Å². The van der Waals surface area contributed by atoms with Crippen molar-refractivity contribution in [3.05, 3.63) is 46.9 Å². The average Bonchev–Trinajstić information content (AvgIpc) is 3.07. The van der Waals surface area contributed by atoms with Gasteiger partial charge in [0.15, 0.2) is 9.84 Å². The minimum Gasteiger partial charge on any atom is -0.368 e. The van der Waals surface area contributed by atoms with Gasteiger partial charge in [0.25, 0.3) is 0 Å². The molecular weight excluding hydrogens is 356 g/mol. The van der Waals surface area contributed by atoms with E-state index in [1.807, 2.05) is 20.2 Å². The van der Waals surface area contributed by atoms with Gasteiger partial charge in [-0.3, -0.25) is 0 Å². The Morgan fingerprint density at radius 1 is 1.24 bits per heavy atom. The zero-order chi connectivity index (χ0) is 18.0. The number of benzene rings is 1. The number of nitrogens with one attached hydrogen (secondary N) is 1. The van der Waals surface area contributed by atoms with Gasteiger partial charge < -0.3 is 10.2 Å². The zero-order valence-corrected chi connectivity index (χ0v) is 15.9. The molecule has 1 N–H and O–H groups in total. The van der Waals surface area contributed by atoms with Gasteiger partial charge in [0.1, 0.15) is 12.1 Å². The maximum atomic E-state index is 11.8. The van der Waals surface area contributed by atoms with Crippen molar-refractivity contribution in [3.8, 4) is 0 Å². The Morgan fingerprint density at radius 3 is 2.68 bits per heavy atom. The number of rotatable bonds is 6. The molecule has 3 aromatic rings. The van der Waals surface area contributed by atoms with Crippen molar-refractivity contribution in [2.24, 2.45) is 0 Å². The summed E-state index contributed by atoms with van der Waals surface area (Å²) in [6, 6.07) is 9.25. The maximum Gasteiger partial charge on any atom is 0.175 e. The second kappa shape index (κ2) is 7.07. The molecule has 25 heavy (non-hydrogen) atoms. The molecule has 0 amide bonds. The number of thiophene rings is 1. The predicted molar refractivity (Wildman–Crippen MR) is 102 cm³/mol. The first-order chi connectivity index (χ1) is 11.9. The molecule has 0 aliphatic rings. The van der Waals surface area contributed by atoms with Crippen LogP contribution < -0.4 is 5.32 Å². The number of anilines is 1. The van der Waals surface area contributed by atoms with E-state index in [2.05, 4.69) is 31.6 Å². The minimum atomic E-state index is -3.28. The van der Waals surface area contributed by atoms with Gasteiger partial charge in [-0.1, -0.05) is 6.07 Å². The Kier molecular flexibility index (Phi) is 5.03. The fraction of sp³-hybridized carbons (Fsp3) is 0.294. The molecule has 2 aromatic heterocycles. The molecule has 0 radical (unpaired) electrons. The SMILES string of the molecule is CN(C)C(CNc1ncnc2ccc(S(C)(=O)=O)cc12)c1cccs1. The van der Waals surface area contributed by atoms with Crippen LogP contribution >= 0.6 is 11.3 Å². The van der Waals surface area contributed by atoms with E-state index in [-0.39, 0.29) is 10.9 Å². The molecule has 132 valence electrons. The number of aromatic nitrogens is 2. The molecule has 8 heteroatoms. The third-order valence-corrected chi connectivity index (χ3v) is 6.08. The summed E-state index contributed by atoms with van der Waals surface area (Å²) in [5, 5.41) is 6.12. The topological polar surface area (TPSA) is 75.2 Å². The van der Waals surface area contributed by atoms with Crippen LogP contribution in [0.3, 0.4) is 0 Å². The first kappa shape index (κ1) is 17.8. The van der Waals surface area contributed by atoms with E-state index < -0.39 is 9.84 Å². The number of nitrogens with zero attached hydrogens (tertiary/aromatic N) is 3. The molecule has 0 bridgehead atoms. The van der Waals surface area contributed by atoms with Gasteiger partial charge in [-0.15, -0.1) is 11.3 Å². The van der Waals surface area contributed by atoms with Crippen LogP contribution in [-0.2, 0) is 9.84 Å². The summed E-state index contributed by atoms with van der Waals surface area (Å²) in [4.78, 5) is 12.2. The molecule has 0 fully saturated rings. The molecular formula is C17H20N4O2S2. The van der Waals surface area contributed by atoms with Gasteiger partial charge in [0.05, 0.1) is 16.5 Å². The summed E-state index contributed by atoms with van der Waals surface area (Å²) in [6.45, 7) is 0.655. The van der Waals surface area contributed by atoms with Gasteiger partial charge in [0, 0.05) is 23.1 Å². The Morgan fingerprint density at radius 2 is 2.04 bits per heavy atom. The summed E-state index contributed by atoms with van der Waals surface area (Å²) in [5.41, 5.74) is 0.711. The lowest BCUT2D eigenvalue weighted by molar-refractivity contribution is 0.316. The molecule has 2 heterocycles. The van der Waals surface area contributed by atoms with Gasteiger partial charge in [0.2, 0.25) is 0 Å². The van der Waals surface area contributed by atoms with E-state index >= 15 is 0 Å². The summed E-state index contributed by atoms with van der Waals surface area (Å²) in [6.07, 6.45) is 2.69. The summed E-state index contributed by atoms with van der Waals surface area (Å²) < 4.78 is 23.7. The first-order valence-corrected chi connectivity index (χ1v) is 10.5. The maximum absolute atomic E-state index is 11.8. The zero-order valence-electron chi connectivity index (χ0n) is 14.3. The molecule has 0 saturated heterocycles. The smallest absolute Gasteiger partial charge is 0.175 e. The van der Waals surface area contributed by atoms with Crippen molar-refractivity contribution in [1.82, 2.24) is 14.9 Å². The van der Waals surface area contributed by atoms with E-state index in [0.717, 1.165) is 0 Å². The first-order valence-electron chi connectivity index (χ1n) is 7.75. The van der Waals surface area contributed by atoms with Crippen molar-refractivity contribution in [3.63, 3.8) is 0 Å². The predicted octanol–water partition coefficient (Wildman–Crippen LogP) is 2.81. The van der Waals surface area contributed by atoms with Crippen molar-refractivity contribution in [2.75, 3.05) is 32.2 Å². The molecule has 3 rings (SSSR count). The summed E-state index contributed by atoms with van der Waals surface area (Å²) >= 11 is 1.71. The average molecular weight is 377 g/mol. The Hall–Kier alpha value is -2.03. The Labute approximate surface area is 151 Å². The number of hydrogen-bond donors (Lipinski definition) is 1. The van der Waals surface area contributed by atoms with E-state index in [1.54, 1.807) is 29.5 Å². The van der Waals surface area contributed by atoms with E-state index in [1.165, 1.54) is 17.5 Å². The molecule has 1 unspecified atom stereocenters. The minimum absolute atomic E-state index is 0.197. The van der Waals surface area contributed by atoms with Crippen LogP contribution in [0.1, 0.15) is 10.9 Å². The largest absolute Gasteiger partial charge is 0.368 e. The third kappa shape index (κ3) is 3.97. The molecule has 0 spiro atoms. The second-order valence-corrected chi connectivity index (χ2v) is 9.04. The number of hydrogen-bond acceptors (Lipinski definition) is 7. The van der Waals surface area contributed by atoms with Crippen molar-refractivity contribution < 1.29 is 8.42 Å². The molecule has 1 atom stereocenters.